The minimum Gasteiger partial charge on any atom is -0.431 e. The molecule has 0 radical (unpaired) electrons. The van der Waals surface area contributed by atoms with E-state index in [0.29, 0.717) is 5.19 Å². The summed E-state index contributed by atoms with van der Waals surface area (Å²) in [5.74, 6) is 0.778. The highest BCUT2D eigenvalue weighted by atomic mass is 35.5. The maximum Gasteiger partial charge on any atom is 0.278 e. The molecule has 1 saturated heterocycles. The summed E-state index contributed by atoms with van der Waals surface area (Å²) in [6, 6.07) is 14.2. The van der Waals surface area contributed by atoms with Gasteiger partial charge in [0.15, 0.2) is 6.29 Å². The Labute approximate surface area is 174 Å². The molecule has 0 N–H and O–H groups in total. The van der Waals surface area contributed by atoms with Crippen LogP contribution in [0.25, 0.3) is 0 Å². The second-order valence-corrected chi connectivity index (χ2v) is 8.06. The molecule has 2 aromatic carbocycles. The Morgan fingerprint density at radius 1 is 1.18 bits per heavy atom. The van der Waals surface area contributed by atoms with E-state index in [1.165, 1.54) is 16.9 Å². The minimum absolute atomic E-state index is 0.0591. The first-order valence-corrected chi connectivity index (χ1v) is 10.6. The Kier molecular flexibility index (Phi) is 6.27. The van der Waals surface area contributed by atoms with Crippen LogP contribution in [0.3, 0.4) is 0 Å². The molecule has 2 atom stereocenters. The number of aromatic nitrogens is 1. The van der Waals surface area contributed by atoms with Crippen LogP contribution in [0.1, 0.15) is 42.1 Å². The van der Waals surface area contributed by atoms with Gasteiger partial charge in [-0.05, 0) is 60.6 Å². The van der Waals surface area contributed by atoms with Crippen molar-refractivity contribution in [1.82, 2.24) is 4.98 Å². The molecule has 4 nitrogen and oxygen atoms in total. The van der Waals surface area contributed by atoms with Crippen LogP contribution < -0.4 is 4.74 Å². The zero-order valence-electron chi connectivity index (χ0n) is 15.6. The van der Waals surface area contributed by atoms with Crippen molar-refractivity contribution in [3.8, 4) is 10.9 Å². The Bertz CT molecular complexity index is 899. The lowest BCUT2D eigenvalue weighted by molar-refractivity contribution is -0.182. The quantitative estimate of drug-likeness (QED) is 0.467. The molecule has 0 aliphatic carbocycles. The summed E-state index contributed by atoms with van der Waals surface area (Å²) in [4.78, 5) is 4.14. The van der Waals surface area contributed by atoms with E-state index >= 15 is 0 Å². The van der Waals surface area contributed by atoms with Crippen LogP contribution in [0, 0.1) is 0 Å². The molecule has 28 heavy (non-hydrogen) atoms. The number of nitrogens with zero attached hydrogens (tertiary/aromatic N) is 1. The number of benzene rings is 2. The molecule has 1 fully saturated rings. The predicted octanol–water partition coefficient (Wildman–Crippen LogP) is 6.39. The largest absolute Gasteiger partial charge is 0.431 e. The van der Waals surface area contributed by atoms with E-state index in [0.717, 1.165) is 47.6 Å². The third-order valence-electron chi connectivity index (χ3n) is 4.86. The van der Waals surface area contributed by atoms with Crippen molar-refractivity contribution in [1.29, 1.82) is 0 Å². The molecule has 146 valence electrons. The van der Waals surface area contributed by atoms with Crippen LogP contribution in [0.15, 0.2) is 54.0 Å². The number of hydrogen-bond donors (Lipinski definition) is 0. The molecule has 0 amide bonds. The zero-order chi connectivity index (χ0) is 19.3. The van der Waals surface area contributed by atoms with Crippen molar-refractivity contribution in [3.63, 3.8) is 0 Å². The van der Waals surface area contributed by atoms with Gasteiger partial charge in [-0.25, -0.2) is 4.98 Å². The second-order valence-electron chi connectivity index (χ2n) is 6.79. The van der Waals surface area contributed by atoms with E-state index in [-0.39, 0.29) is 12.4 Å². The van der Waals surface area contributed by atoms with Crippen molar-refractivity contribution in [2.24, 2.45) is 0 Å². The van der Waals surface area contributed by atoms with Gasteiger partial charge in [0.2, 0.25) is 0 Å². The van der Waals surface area contributed by atoms with E-state index < -0.39 is 0 Å². The average molecular weight is 416 g/mol. The van der Waals surface area contributed by atoms with Gasteiger partial charge in [0.25, 0.3) is 5.19 Å². The maximum absolute atomic E-state index is 6.47. The number of methoxy groups -OCH3 is 1. The second kappa shape index (κ2) is 9.05. The molecule has 4 rings (SSSR count). The first kappa shape index (κ1) is 19.4. The highest BCUT2D eigenvalue weighted by Gasteiger charge is 2.23. The number of rotatable bonds is 6. The van der Waals surface area contributed by atoms with Crippen LogP contribution in [0.5, 0.6) is 10.9 Å². The van der Waals surface area contributed by atoms with Crippen molar-refractivity contribution in [3.05, 3.63) is 75.8 Å². The van der Waals surface area contributed by atoms with Crippen molar-refractivity contribution in [2.45, 2.75) is 38.1 Å². The minimum atomic E-state index is -0.122. The Balaban J connectivity index is 1.46. The van der Waals surface area contributed by atoms with Crippen molar-refractivity contribution < 1.29 is 14.2 Å². The summed E-state index contributed by atoms with van der Waals surface area (Å²) in [5.41, 5.74) is 3.42. The highest BCUT2D eigenvalue weighted by Crippen LogP contribution is 2.34. The van der Waals surface area contributed by atoms with E-state index in [1.807, 2.05) is 23.6 Å². The topological polar surface area (TPSA) is 40.6 Å². The smallest absolute Gasteiger partial charge is 0.278 e. The average Bonchev–Trinajstić information content (AvgIpc) is 3.24. The fourth-order valence-corrected chi connectivity index (χ4v) is 4.08. The van der Waals surface area contributed by atoms with Crippen LogP contribution in [-0.2, 0) is 15.9 Å². The Morgan fingerprint density at radius 2 is 2.04 bits per heavy atom. The Hall–Kier alpha value is -1.92. The normalized spacial score (nSPS) is 19.5. The predicted molar refractivity (Wildman–Crippen MR) is 111 cm³/mol. The number of thiazole rings is 1. The zero-order valence-corrected chi connectivity index (χ0v) is 17.2. The molecule has 2 heterocycles. The third-order valence-corrected chi connectivity index (χ3v) is 5.88. The molecular formula is C22H22ClNO3S. The van der Waals surface area contributed by atoms with Gasteiger partial charge >= 0.3 is 0 Å². The van der Waals surface area contributed by atoms with Crippen LogP contribution in [-0.4, -0.2) is 18.4 Å². The van der Waals surface area contributed by atoms with Crippen LogP contribution >= 0.6 is 22.9 Å². The molecule has 1 aliphatic rings. The molecule has 0 saturated carbocycles. The number of halogens is 1. The van der Waals surface area contributed by atoms with Gasteiger partial charge in [-0.2, -0.15) is 0 Å². The van der Waals surface area contributed by atoms with E-state index in [1.54, 1.807) is 13.3 Å². The highest BCUT2D eigenvalue weighted by molar-refractivity contribution is 7.11. The fourth-order valence-electron chi connectivity index (χ4n) is 3.40. The molecular weight excluding hydrogens is 394 g/mol. The summed E-state index contributed by atoms with van der Waals surface area (Å²) in [6.45, 7) is 0. The molecule has 0 spiro atoms. The summed E-state index contributed by atoms with van der Waals surface area (Å²) in [7, 11) is 1.70. The van der Waals surface area contributed by atoms with Gasteiger partial charge in [0, 0.05) is 23.7 Å². The van der Waals surface area contributed by atoms with Gasteiger partial charge in [0.1, 0.15) is 5.75 Å². The summed E-state index contributed by atoms with van der Waals surface area (Å²) in [6.07, 6.45) is 5.47. The third kappa shape index (κ3) is 4.73. The summed E-state index contributed by atoms with van der Waals surface area (Å²) in [5, 5.41) is 3.31. The van der Waals surface area contributed by atoms with Gasteiger partial charge in [-0.1, -0.05) is 47.2 Å². The van der Waals surface area contributed by atoms with E-state index in [9.17, 15) is 0 Å². The lowest BCUT2D eigenvalue weighted by Gasteiger charge is -2.29. The first-order chi connectivity index (χ1) is 13.7. The maximum atomic E-state index is 6.47. The molecule has 1 aromatic heterocycles. The van der Waals surface area contributed by atoms with E-state index in [2.05, 4.69) is 29.2 Å². The number of hydrogen-bond acceptors (Lipinski definition) is 5. The van der Waals surface area contributed by atoms with E-state index in [4.69, 9.17) is 25.8 Å². The SMILES string of the molecule is COC1CCCC(c2ccc(Cl)c(Cc3ccc(Oc4nccs4)cc3)c2)O1. The lowest BCUT2D eigenvalue weighted by atomic mass is 9.96. The molecule has 1 aliphatic heterocycles. The monoisotopic (exact) mass is 415 g/mol. The number of ether oxygens (including phenoxy) is 3. The molecule has 2 unspecified atom stereocenters. The van der Waals surface area contributed by atoms with Gasteiger partial charge in [-0.15, -0.1) is 0 Å². The Morgan fingerprint density at radius 3 is 2.79 bits per heavy atom. The summed E-state index contributed by atoms with van der Waals surface area (Å²) < 4.78 is 17.1. The van der Waals surface area contributed by atoms with Crippen LogP contribution in [0.2, 0.25) is 5.02 Å². The van der Waals surface area contributed by atoms with Gasteiger partial charge < -0.3 is 14.2 Å². The molecule has 6 heteroatoms. The van der Waals surface area contributed by atoms with Crippen LogP contribution in [0.4, 0.5) is 0 Å². The van der Waals surface area contributed by atoms with Crippen molar-refractivity contribution in [2.75, 3.05) is 7.11 Å². The molecule has 3 aromatic rings. The lowest BCUT2D eigenvalue weighted by Crippen LogP contribution is -2.23. The molecule has 0 bridgehead atoms. The summed E-state index contributed by atoms with van der Waals surface area (Å²) >= 11 is 7.94. The van der Waals surface area contributed by atoms with Gasteiger partial charge in [0.05, 0.1) is 6.10 Å². The standard InChI is InChI=1S/C22H22ClNO3S/c1-25-21-4-2-3-20(27-21)16-7-10-19(23)17(14-16)13-15-5-8-18(9-6-15)26-22-24-11-12-28-22/h5-12,14,20-21H,2-4,13H2,1H3. The fraction of sp³-hybridized carbons (Fsp3) is 0.318. The van der Waals surface area contributed by atoms with Gasteiger partial charge in [-0.3, -0.25) is 0 Å². The van der Waals surface area contributed by atoms with Crippen molar-refractivity contribution >= 4 is 22.9 Å². The first-order valence-electron chi connectivity index (χ1n) is 9.34.